The average Bonchev–Trinajstić information content (AvgIpc) is 3.25. The van der Waals surface area contributed by atoms with Gasteiger partial charge in [-0.1, -0.05) is 0 Å². The number of aromatic nitrogens is 2. The molecule has 0 saturated carbocycles. The highest BCUT2D eigenvalue weighted by molar-refractivity contribution is 5.95. The predicted molar refractivity (Wildman–Crippen MR) is 114 cm³/mol. The number of carbonyl (C=O) groups is 6. The van der Waals surface area contributed by atoms with Crippen LogP contribution in [0.1, 0.15) is 31.9 Å². The number of nitrogens with one attached hydrogen (secondary N) is 4. The maximum Gasteiger partial charge on any atom is 0.328 e. The quantitative estimate of drug-likeness (QED) is 0.114. The number of hydrogen-bond acceptors (Lipinski definition) is 9. The van der Waals surface area contributed by atoms with Crippen molar-refractivity contribution in [2.24, 2.45) is 5.73 Å². The van der Waals surface area contributed by atoms with Gasteiger partial charge < -0.3 is 47.1 Å². The first-order chi connectivity index (χ1) is 16.3. The molecule has 16 heteroatoms. The van der Waals surface area contributed by atoms with Crippen LogP contribution in [0.2, 0.25) is 0 Å². The van der Waals surface area contributed by atoms with E-state index in [2.05, 4.69) is 20.6 Å². The Morgan fingerprint density at radius 2 is 1.57 bits per heavy atom. The van der Waals surface area contributed by atoms with Crippen LogP contribution in [0.4, 0.5) is 0 Å². The monoisotopic (exact) mass is 500 g/mol. The molecule has 0 fully saturated rings. The van der Waals surface area contributed by atoms with Gasteiger partial charge in [-0.05, 0) is 13.3 Å². The Labute approximate surface area is 198 Å². The van der Waals surface area contributed by atoms with E-state index in [0.717, 1.165) is 6.92 Å². The van der Waals surface area contributed by atoms with Crippen LogP contribution in [0.5, 0.6) is 0 Å². The molecule has 0 bridgehead atoms. The fraction of sp³-hybridized carbons (Fsp3) is 0.526. The molecular formula is C19H28N6O10. The van der Waals surface area contributed by atoms with Crippen LogP contribution in [-0.2, 0) is 35.2 Å². The van der Waals surface area contributed by atoms with Crippen LogP contribution in [0.15, 0.2) is 12.5 Å². The van der Waals surface area contributed by atoms with Gasteiger partial charge >= 0.3 is 17.9 Å². The normalized spacial score (nSPS) is 15.1. The van der Waals surface area contributed by atoms with Gasteiger partial charge in [0.1, 0.15) is 12.1 Å². The molecular weight excluding hydrogens is 472 g/mol. The van der Waals surface area contributed by atoms with Gasteiger partial charge in [-0.2, -0.15) is 0 Å². The van der Waals surface area contributed by atoms with Gasteiger partial charge in [0.15, 0.2) is 6.04 Å². The minimum absolute atomic E-state index is 0.0130. The van der Waals surface area contributed by atoms with Crippen LogP contribution in [0, 0.1) is 0 Å². The molecule has 0 spiro atoms. The van der Waals surface area contributed by atoms with Crippen LogP contribution >= 0.6 is 0 Å². The number of H-pyrrole nitrogens is 1. The standard InChI is InChI=1S/C19H28N6O10/c1-8(26)15(19(34)35)25-18(33)12(5-14(29)30)24-17(32)11(2-3-13(27)28)23-16(31)10(20)4-9-6-21-7-22-9/h6-8,10-12,15,26H,2-5,20H2,1H3,(H,21,22)(H,23,31)(H,24,32)(H,25,33)(H,27,28)(H,29,30)(H,34,35). The van der Waals surface area contributed by atoms with Crippen molar-refractivity contribution in [1.29, 1.82) is 0 Å². The van der Waals surface area contributed by atoms with Crippen molar-refractivity contribution >= 4 is 35.6 Å². The van der Waals surface area contributed by atoms with Gasteiger partial charge in [-0.15, -0.1) is 0 Å². The summed E-state index contributed by atoms with van der Waals surface area (Å²) < 4.78 is 0. The largest absolute Gasteiger partial charge is 0.481 e. The molecule has 5 atom stereocenters. The Kier molecular flexibility index (Phi) is 11.3. The van der Waals surface area contributed by atoms with E-state index in [9.17, 15) is 33.9 Å². The van der Waals surface area contributed by atoms with Crippen molar-refractivity contribution < 1.29 is 49.2 Å². The fourth-order valence-corrected chi connectivity index (χ4v) is 2.84. The van der Waals surface area contributed by atoms with Crippen molar-refractivity contribution in [2.75, 3.05) is 0 Å². The van der Waals surface area contributed by atoms with E-state index in [1.165, 1.54) is 12.5 Å². The van der Waals surface area contributed by atoms with Gasteiger partial charge in [0.25, 0.3) is 0 Å². The van der Waals surface area contributed by atoms with E-state index in [0.29, 0.717) is 5.69 Å². The number of aliphatic hydroxyl groups is 1. The number of carboxylic acid groups (broad SMARTS) is 3. The molecule has 0 saturated heterocycles. The lowest BCUT2D eigenvalue weighted by Gasteiger charge is -2.25. The molecule has 35 heavy (non-hydrogen) atoms. The van der Waals surface area contributed by atoms with Gasteiger partial charge in [0.05, 0.1) is 24.9 Å². The molecule has 1 aromatic heterocycles. The number of aliphatic hydroxyl groups excluding tert-OH is 1. The highest BCUT2D eigenvalue weighted by Crippen LogP contribution is 2.04. The third-order valence-electron chi connectivity index (χ3n) is 4.67. The summed E-state index contributed by atoms with van der Waals surface area (Å²) in [6.45, 7) is 1.08. The number of aliphatic carboxylic acids is 3. The van der Waals surface area contributed by atoms with E-state index in [1.807, 2.05) is 5.32 Å². The second-order valence-corrected chi connectivity index (χ2v) is 7.61. The zero-order valence-electron chi connectivity index (χ0n) is 18.6. The second-order valence-electron chi connectivity index (χ2n) is 7.61. The first-order valence-corrected chi connectivity index (χ1v) is 10.3. The maximum absolute atomic E-state index is 12.8. The van der Waals surface area contributed by atoms with Crippen molar-refractivity contribution in [2.45, 2.75) is 62.9 Å². The summed E-state index contributed by atoms with van der Waals surface area (Å²) in [4.78, 5) is 77.6. The Hall–Kier alpha value is -4.05. The minimum atomic E-state index is -1.80. The molecule has 5 unspecified atom stereocenters. The molecule has 1 rings (SSSR count). The van der Waals surface area contributed by atoms with E-state index < -0.39 is 85.2 Å². The van der Waals surface area contributed by atoms with Crippen molar-refractivity contribution in [3.8, 4) is 0 Å². The summed E-state index contributed by atoms with van der Waals surface area (Å²) in [6, 6.07) is -6.26. The topological polar surface area (TPSA) is 274 Å². The summed E-state index contributed by atoms with van der Waals surface area (Å²) in [5.74, 6) is -7.58. The summed E-state index contributed by atoms with van der Waals surface area (Å²) in [5.41, 5.74) is 6.33. The van der Waals surface area contributed by atoms with E-state index in [4.69, 9.17) is 21.1 Å². The first kappa shape index (κ1) is 29.0. The number of nitrogens with zero attached hydrogens (tertiary/aromatic N) is 1. The van der Waals surface area contributed by atoms with E-state index >= 15 is 0 Å². The predicted octanol–water partition coefficient (Wildman–Crippen LogP) is -3.46. The SMILES string of the molecule is CC(O)C(NC(=O)C(CC(=O)O)NC(=O)C(CCC(=O)O)NC(=O)C(N)Cc1cnc[nH]1)C(=O)O. The molecule has 10 N–H and O–H groups in total. The average molecular weight is 500 g/mol. The zero-order chi connectivity index (χ0) is 26.7. The molecule has 16 nitrogen and oxygen atoms in total. The summed E-state index contributed by atoms with van der Waals surface area (Å²) >= 11 is 0. The van der Waals surface area contributed by atoms with Gasteiger partial charge in [0, 0.05) is 24.7 Å². The van der Waals surface area contributed by atoms with E-state index in [1.54, 1.807) is 0 Å². The Balaban J connectivity index is 2.99. The zero-order valence-corrected chi connectivity index (χ0v) is 18.6. The van der Waals surface area contributed by atoms with Crippen LogP contribution in [0.3, 0.4) is 0 Å². The molecule has 0 radical (unpaired) electrons. The van der Waals surface area contributed by atoms with Crippen molar-refractivity contribution in [1.82, 2.24) is 25.9 Å². The first-order valence-electron chi connectivity index (χ1n) is 10.3. The molecule has 0 aliphatic carbocycles. The number of imidazole rings is 1. The highest BCUT2D eigenvalue weighted by Gasteiger charge is 2.33. The maximum atomic E-state index is 12.8. The van der Waals surface area contributed by atoms with Gasteiger partial charge in [0.2, 0.25) is 17.7 Å². The number of rotatable bonds is 15. The summed E-state index contributed by atoms with van der Waals surface area (Å²) in [6.07, 6.45) is -0.695. The summed E-state index contributed by atoms with van der Waals surface area (Å²) in [5, 5.41) is 42.9. The Morgan fingerprint density at radius 1 is 0.971 bits per heavy atom. The lowest BCUT2D eigenvalue weighted by atomic mass is 10.1. The number of carbonyl (C=O) groups excluding carboxylic acids is 3. The number of nitrogens with two attached hydrogens (primary N) is 1. The molecule has 3 amide bonds. The van der Waals surface area contributed by atoms with Crippen LogP contribution in [0.25, 0.3) is 0 Å². The lowest BCUT2D eigenvalue weighted by molar-refractivity contribution is -0.146. The highest BCUT2D eigenvalue weighted by atomic mass is 16.4. The molecule has 0 aliphatic rings. The lowest BCUT2D eigenvalue weighted by Crippen LogP contribution is -2.58. The van der Waals surface area contributed by atoms with Gasteiger partial charge in [-0.3, -0.25) is 24.0 Å². The molecule has 1 aromatic rings. The molecule has 194 valence electrons. The van der Waals surface area contributed by atoms with Crippen molar-refractivity contribution in [3.63, 3.8) is 0 Å². The number of carboxylic acids is 3. The van der Waals surface area contributed by atoms with Crippen molar-refractivity contribution in [3.05, 3.63) is 18.2 Å². The Bertz CT molecular complexity index is 919. The minimum Gasteiger partial charge on any atom is -0.481 e. The van der Waals surface area contributed by atoms with E-state index in [-0.39, 0.29) is 6.42 Å². The number of aromatic amines is 1. The van der Waals surface area contributed by atoms with Crippen LogP contribution in [-0.4, -0.2) is 96.3 Å². The Morgan fingerprint density at radius 3 is 2.06 bits per heavy atom. The van der Waals surface area contributed by atoms with Gasteiger partial charge in [-0.25, -0.2) is 9.78 Å². The fourth-order valence-electron chi connectivity index (χ4n) is 2.84. The number of amides is 3. The smallest absolute Gasteiger partial charge is 0.328 e. The second kappa shape index (κ2) is 13.6. The third kappa shape index (κ3) is 10.2. The third-order valence-corrected chi connectivity index (χ3v) is 4.67. The molecule has 0 aliphatic heterocycles. The summed E-state index contributed by atoms with van der Waals surface area (Å²) in [7, 11) is 0. The number of hydrogen-bond donors (Lipinski definition) is 9. The van der Waals surface area contributed by atoms with Crippen LogP contribution < -0.4 is 21.7 Å². The molecule has 0 aromatic carbocycles. The molecule has 1 heterocycles.